The van der Waals surface area contributed by atoms with Crippen LogP contribution in [-0.4, -0.2) is 18.0 Å². The van der Waals surface area contributed by atoms with E-state index in [1.807, 2.05) is 0 Å². The first-order valence-electron chi connectivity index (χ1n) is 6.80. The second kappa shape index (κ2) is 7.75. The van der Waals surface area contributed by atoms with Crippen LogP contribution in [0, 0.1) is 0 Å². The van der Waals surface area contributed by atoms with E-state index in [1.165, 1.54) is 19.1 Å². The second-order valence-electron chi connectivity index (χ2n) is 4.90. The fraction of sp³-hybridized carbons (Fsp3) is 0.125. The highest BCUT2D eigenvalue weighted by molar-refractivity contribution is 6.37. The summed E-state index contributed by atoms with van der Waals surface area (Å²) >= 11 is 17.6. The molecule has 126 valence electrons. The second-order valence-corrected chi connectivity index (χ2v) is 6.18. The molecule has 0 bridgehead atoms. The number of hydrogen-bond acceptors (Lipinski definition) is 4. The van der Waals surface area contributed by atoms with Gasteiger partial charge >= 0.3 is 5.97 Å². The molecule has 0 aliphatic heterocycles. The molecule has 5 nitrogen and oxygen atoms in total. The first-order chi connectivity index (χ1) is 11.3. The Morgan fingerprint density at radius 2 is 1.83 bits per heavy atom. The third-order valence-electron chi connectivity index (χ3n) is 3.06. The van der Waals surface area contributed by atoms with Crippen molar-refractivity contribution in [2.24, 2.45) is 0 Å². The van der Waals surface area contributed by atoms with Gasteiger partial charge in [0.25, 0.3) is 5.91 Å². The summed E-state index contributed by atoms with van der Waals surface area (Å²) in [5.41, 5.74) is 6.26. The Labute approximate surface area is 153 Å². The van der Waals surface area contributed by atoms with E-state index in [2.05, 4.69) is 5.32 Å². The summed E-state index contributed by atoms with van der Waals surface area (Å²) in [7, 11) is 0. The lowest BCUT2D eigenvalue weighted by Gasteiger charge is -2.15. The van der Waals surface area contributed by atoms with E-state index in [0.29, 0.717) is 10.7 Å². The summed E-state index contributed by atoms with van der Waals surface area (Å²) in [6, 6.07) is 9.32. The molecule has 0 aromatic heterocycles. The molecule has 0 saturated carbocycles. The van der Waals surface area contributed by atoms with Gasteiger partial charge in [-0.25, -0.2) is 4.79 Å². The molecule has 2 rings (SSSR count). The zero-order valence-corrected chi connectivity index (χ0v) is 14.7. The Hall–Kier alpha value is -1.95. The maximum Gasteiger partial charge on any atom is 0.341 e. The molecule has 0 heterocycles. The van der Waals surface area contributed by atoms with E-state index in [9.17, 15) is 9.59 Å². The number of nitrogens with two attached hydrogens (primary N) is 1. The van der Waals surface area contributed by atoms with Gasteiger partial charge in [0, 0.05) is 15.7 Å². The average Bonchev–Trinajstić information content (AvgIpc) is 2.50. The molecule has 0 aliphatic rings. The fourth-order valence-electron chi connectivity index (χ4n) is 1.84. The van der Waals surface area contributed by atoms with Crippen LogP contribution in [0.4, 0.5) is 11.4 Å². The molecule has 0 fully saturated rings. The van der Waals surface area contributed by atoms with Crippen LogP contribution >= 0.6 is 34.8 Å². The molecule has 1 amide bonds. The van der Waals surface area contributed by atoms with Crippen LogP contribution in [-0.2, 0) is 9.53 Å². The number of carbonyl (C=O) groups excluding carboxylic acids is 2. The SMILES string of the molecule is C[C@H](OC(=O)c1cc(Cl)cc(Cl)c1N)C(=O)Nc1cccc(Cl)c1. The number of nitrogen functional groups attached to an aromatic ring is 1. The Kier molecular flexibility index (Phi) is 5.94. The van der Waals surface area contributed by atoms with Gasteiger partial charge in [-0.1, -0.05) is 40.9 Å². The van der Waals surface area contributed by atoms with E-state index in [-0.39, 0.29) is 21.3 Å². The number of amides is 1. The third kappa shape index (κ3) is 4.54. The summed E-state index contributed by atoms with van der Waals surface area (Å²) in [4.78, 5) is 24.3. The number of anilines is 2. The Bertz CT molecular complexity index is 796. The van der Waals surface area contributed by atoms with Crippen LogP contribution < -0.4 is 11.1 Å². The molecule has 0 unspecified atom stereocenters. The molecule has 8 heteroatoms. The molecule has 2 aromatic rings. The van der Waals surface area contributed by atoms with Crippen molar-refractivity contribution in [3.8, 4) is 0 Å². The van der Waals surface area contributed by atoms with Crippen molar-refractivity contribution < 1.29 is 14.3 Å². The summed E-state index contributed by atoms with van der Waals surface area (Å²) in [6.45, 7) is 1.43. The number of esters is 1. The minimum atomic E-state index is -1.06. The standard InChI is InChI=1S/C16H13Cl3N2O3/c1-8(15(22)21-11-4-2-3-9(17)5-11)24-16(23)12-6-10(18)7-13(19)14(12)20/h2-8H,20H2,1H3,(H,21,22)/t8-/m0/s1. The predicted octanol–water partition coefficient (Wildman–Crippen LogP) is 4.41. The molecular weight excluding hydrogens is 375 g/mol. The predicted molar refractivity (Wildman–Crippen MR) is 95.8 cm³/mol. The van der Waals surface area contributed by atoms with E-state index in [0.717, 1.165) is 0 Å². The Morgan fingerprint density at radius 1 is 1.12 bits per heavy atom. The molecule has 1 atom stereocenters. The number of rotatable bonds is 4. The normalized spacial score (nSPS) is 11.7. The van der Waals surface area contributed by atoms with Gasteiger partial charge < -0.3 is 15.8 Å². The number of halogens is 3. The van der Waals surface area contributed by atoms with Gasteiger partial charge in [0.15, 0.2) is 6.10 Å². The van der Waals surface area contributed by atoms with Crippen LogP contribution in [0.3, 0.4) is 0 Å². The van der Waals surface area contributed by atoms with Gasteiger partial charge in [0.2, 0.25) is 0 Å². The van der Waals surface area contributed by atoms with Gasteiger partial charge in [-0.05, 0) is 37.3 Å². The average molecular weight is 388 g/mol. The van der Waals surface area contributed by atoms with E-state index < -0.39 is 18.0 Å². The van der Waals surface area contributed by atoms with Crippen molar-refractivity contribution >= 4 is 58.1 Å². The summed E-state index contributed by atoms with van der Waals surface area (Å²) in [5, 5.41) is 3.43. The van der Waals surface area contributed by atoms with E-state index in [4.69, 9.17) is 45.3 Å². The topological polar surface area (TPSA) is 81.4 Å². The first kappa shape index (κ1) is 18.4. The van der Waals surface area contributed by atoms with Crippen LogP contribution in [0.1, 0.15) is 17.3 Å². The summed E-state index contributed by atoms with van der Waals surface area (Å²) in [6.07, 6.45) is -1.06. The van der Waals surface area contributed by atoms with Crippen LogP contribution in [0.2, 0.25) is 15.1 Å². The molecule has 0 radical (unpaired) electrons. The van der Waals surface area contributed by atoms with E-state index in [1.54, 1.807) is 24.3 Å². The van der Waals surface area contributed by atoms with Crippen molar-refractivity contribution in [1.29, 1.82) is 0 Å². The molecule has 24 heavy (non-hydrogen) atoms. The van der Waals surface area contributed by atoms with Crippen LogP contribution in [0.25, 0.3) is 0 Å². The van der Waals surface area contributed by atoms with Gasteiger partial charge in [-0.3, -0.25) is 4.79 Å². The lowest BCUT2D eigenvalue weighted by molar-refractivity contribution is -0.123. The van der Waals surface area contributed by atoms with Gasteiger partial charge in [-0.15, -0.1) is 0 Å². The van der Waals surface area contributed by atoms with Crippen molar-refractivity contribution in [2.75, 3.05) is 11.1 Å². The van der Waals surface area contributed by atoms with Crippen molar-refractivity contribution in [3.05, 3.63) is 57.0 Å². The quantitative estimate of drug-likeness (QED) is 0.601. The molecular formula is C16H13Cl3N2O3. The molecule has 0 aliphatic carbocycles. The van der Waals surface area contributed by atoms with Gasteiger partial charge in [-0.2, -0.15) is 0 Å². The van der Waals surface area contributed by atoms with Crippen molar-refractivity contribution in [1.82, 2.24) is 0 Å². The number of benzene rings is 2. The zero-order chi connectivity index (χ0) is 17.9. The minimum Gasteiger partial charge on any atom is -0.449 e. The van der Waals surface area contributed by atoms with Crippen molar-refractivity contribution in [2.45, 2.75) is 13.0 Å². The molecule has 3 N–H and O–H groups in total. The molecule has 0 spiro atoms. The monoisotopic (exact) mass is 386 g/mol. The van der Waals surface area contributed by atoms with Crippen molar-refractivity contribution in [3.63, 3.8) is 0 Å². The van der Waals surface area contributed by atoms with Crippen LogP contribution in [0.15, 0.2) is 36.4 Å². The minimum absolute atomic E-state index is 0.00472. The number of hydrogen-bond donors (Lipinski definition) is 2. The Balaban J connectivity index is 2.07. The summed E-state index contributed by atoms with van der Waals surface area (Å²) in [5.74, 6) is -1.32. The Morgan fingerprint density at radius 3 is 2.50 bits per heavy atom. The maximum absolute atomic E-state index is 12.2. The third-order valence-corrected chi connectivity index (χ3v) is 3.83. The maximum atomic E-state index is 12.2. The highest BCUT2D eigenvalue weighted by Crippen LogP contribution is 2.28. The van der Waals surface area contributed by atoms with Gasteiger partial charge in [0.1, 0.15) is 0 Å². The number of carbonyl (C=O) groups is 2. The highest BCUT2D eigenvalue weighted by atomic mass is 35.5. The highest BCUT2D eigenvalue weighted by Gasteiger charge is 2.22. The number of ether oxygens (including phenoxy) is 1. The lowest BCUT2D eigenvalue weighted by Crippen LogP contribution is -2.30. The first-order valence-corrected chi connectivity index (χ1v) is 7.93. The fourth-order valence-corrected chi connectivity index (χ4v) is 2.53. The molecule has 2 aromatic carbocycles. The number of nitrogens with one attached hydrogen (secondary N) is 1. The summed E-state index contributed by atoms with van der Waals surface area (Å²) < 4.78 is 5.11. The zero-order valence-electron chi connectivity index (χ0n) is 12.5. The van der Waals surface area contributed by atoms with Crippen LogP contribution in [0.5, 0.6) is 0 Å². The largest absolute Gasteiger partial charge is 0.449 e. The van der Waals surface area contributed by atoms with E-state index >= 15 is 0 Å². The van der Waals surface area contributed by atoms with Gasteiger partial charge in [0.05, 0.1) is 16.3 Å². The molecule has 0 saturated heterocycles. The lowest BCUT2D eigenvalue weighted by atomic mass is 10.2. The smallest absolute Gasteiger partial charge is 0.341 e.